The van der Waals surface area contributed by atoms with Gasteiger partial charge in [0.05, 0.1) is 11.2 Å². The Balaban J connectivity index is 1.76. The molecule has 0 atom stereocenters. The van der Waals surface area contributed by atoms with Crippen LogP contribution in [0.4, 0.5) is 5.69 Å². The first-order chi connectivity index (χ1) is 13.7. The number of aromatic amines is 1. The predicted octanol–water partition coefficient (Wildman–Crippen LogP) is 4.61. The molecule has 0 bridgehead atoms. The molecule has 0 saturated heterocycles. The fraction of sp³-hybridized carbons (Fsp3) is 0.111. The second-order valence-corrected chi connectivity index (χ2v) is 9.09. The number of sulfonamides is 1. The number of H-pyrrole nitrogens is 1. The second-order valence-electron chi connectivity index (χ2n) is 6.24. The molecule has 2 aromatic carbocycles. The van der Waals surface area contributed by atoms with Gasteiger partial charge in [-0.2, -0.15) is 0 Å². The lowest BCUT2D eigenvalue weighted by atomic mass is 10.2. The van der Waals surface area contributed by atoms with Gasteiger partial charge in [-0.05, 0) is 54.0 Å². The van der Waals surface area contributed by atoms with Gasteiger partial charge in [-0.1, -0.05) is 17.7 Å². The zero-order valence-corrected chi connectivity index (χ0v) is 18.2. The van der Waals surface area contributed by atoms with Crippen LogP contribution in [-0.2, 0) is 10.0 Å². The summed E-state index contributed by atoms with van der Waals surface area (Å²) in [6.45, 7) is 3.62. The van der Waals surface area contributed by atoms with Crippen molar-refractivity contribution in [3.8, 4) is 11.5 Å². The number of hydrogen-bond donors (Lipinski definition) is 2. The van der Waals surface area contributed by atoms with E-state index in [-0.39, 0.29) is 31.2 Å². The highest BCUT2D eigenvalue weighted by atomic mass is 79.9. The lowest BCUT2D eigenvalue weighted by Crippen LogP contribution is -2.14. The minimum absolute atomic E-state index is 0.0419. The predicted molar refractivity (Wildman–Crippen MR) is 112 cm³/mol. The van der Waals surface area contributed by atoms with Crippen LogP contribution in [0, 0.1) is 13.8 Å². The van der Waals surface area contributed by atoms with Crippen LogP contribution in [0.3, 0.4) is 0 Å². The summed E-state index contributed by atoms with van der Waals surface area (Å²) in [6, 6.07) is 8.02. The average molecular weight is 499 g/mol. The van der Waals surface area contributed by atoms with Gasteiger partial charge in [0.25, 0.3) is 10.0 Å². The molecule has 2 aromatic heterocycles. The summed E-state index contributed by atoms with van der Waals surface area (Å²) in [5.41, 5.74) is 1.89. The summed E-state index contributed by atoms with van der Waals surface area (Å²) in [5.74, 6) is 0.333. The van der Waals surface area contributed by atoms with Crippen molar-refractivity contribution in [3.63, 3.8) is 0 Å². The maximum atomic E-state index is 13.0. The molecular formula is C18H13BrClN3O5S. The van der Waals surface area contributed by atoms with Crippen LogP contribution in [0.25, 0.3) is 22.6 Å². The van der Waals surface area contributed by atoms with E-state index in [2.05, 4.69) is 30.6 Å². The quantitative estimate of drug-likeness (QED) is 0.424. The lowest BCUT2D eigenvalue weighted by molar-refractivity contribution is 0.541. The maximum Gasteiger partial charge on any atom is 0.417 e. The Morgan fingerprint density at radius 3 is 2.66 bits per heavy atom. The van der Waals surface area contributed by atoms with E-state index in [1.54, 1.807) is 31.2 Å². The molecule has 0 aliphatic carbocycles. The van der Waals surface area contributed by atoms with E-state index in [0.717, 1.165) is 5.69 Å². The van der Waals surface area contributed by atoms with E-state index < -0.39 is 15.8 Å². The van der Waals surface area contributed by atoms with Crippen LogP contribution >= 0.6 is 27.5 Å². The Hall–Kier alpha value is -2.56. The van der Waals surface area contributed by atoms with Gasteiger partial charge in [0, 0.05) is 15.7 Å². The van der Waals surface area contributed by atoms with Crippen molar-refractivity contribution in [3.05, 3.63) is 61.8 Å². The van der Waals surface area contributed by atoms with E-state index in [9.17, 15) is 13.2 Å². The van der Waals surface area contributed by atoms with Gasteiger partial charge < -0.3 is 8.83 Å². The van der Waals surface area contributed by atoms with Gasteiger partial charge in [0.1, 0.15) is 15.7 Å². The molecule has 0 radical (unpaired) electrons. The third-order valence-electron chi connectivity index (χ3n) is 4.22. The number of anilines is 1. The smallest absolute Gasteiger partial charge is 0.417 e. The molecular weight excluding hydrogens is 486 g/mol. The molecule has 0 amide bonds. The highest BCUT2D eigenvalue weighted by Crippen LogP contribution is 2.36. The molecule has 150 valence electrons. The van der Waals surface area contributed by atoms with Gasteiger partial charge in [0.2, 0.25) is 5.89 Å². The number of aryl methyl sites for hydroxylation is 2. The van der Waals surface area contributed by atoms with E-state index in [1.807, 2.05) is 6.92 Å². The Bertz CT molecular complexity index is 1400. The summed E-state index contributed by atoms with van der Waals surface area (Å²) in [5, 5.41) is -0.213. The third-order valence-corrected chi connectivity index (χ3v) is 7.05. The summed E-state index contributed by atoms with van der Waals surface area (Å²) in [4.78, 5) is 17.9. The minimum Gasteiger partial charge on any atom is -0.441 e. The van der Waals surface area contributed by atoms with Crippen LogP contribution in [0.1, 0.15) is 11.5 Å². The van der Waals surface area contributed by atoms with Gasteiger partial charge in [-0.25, -0.2) is 18.2 Å². The van der Waals surface area contributed by atoms with E-state index in [1.165, 1.54) is 6.07 Å². The zero-order chi connectivity index (χ0) is 20.9. The minimum atomic E-state index is -4.11. The largest absolute Gasteiger partial charge is 0.441 e. The Morgan fingerprint density at radius 1 is 1.21 bits per heavy atom. The molecule has 0 saturated carbocycles. The van der Waals surface area contributed by atoms with Crippen LogP contribution < -0.4 is 10.5 Å². The van der Waals surface area contributed by atoms with Crippen molar-refractivity contribution in [1.82, 2.24) is 9.97 Å². The lowest BCUT2D eigenvalue weighted by Gasteiger charge is -2.12. The molecule has 0 fully saturated rings. The van der Waals surface area contributed by atoms with Crippen LogP contribution in [0.2, 0.25) is 5.02 Å². The summed E-state index contributed by atoms with van der Waals surface area (Å²) in [6.07, 6.45) is 0. The van der Waals surface area contributed by atoms with Crippen LogP contribution in [0.5, 0.6) is 0 Å². The number of aromatic nitrogens is 2. The Kier molecular flexibility index (Phi) is 4.80. The molecule has 2 heterocycles. The van der Waals surface area contributed by atoms with Crippen molar-refractivity contribution >= 4 is 54.3 Å². The Morgan fingerprint density at radius 2 is 1.97 bits per heavy atom. The normalized spacial score (nSPS) is 11.9. The molecule has 4 aromatic rings. The average Bonchev–Trinajstić information content (AvgIpc) is 3.16. The summed E-state index contributed by atoms with van der Waals surface area (Å²) >= 11 is 9.43. The SMILES string of the molecule is Cc1nc(-c2cccc(NS(=O)(=O)c3c(Br)cc4[nH]c(=O)oc4c3Cl)c2)oc1C. The number of benzene rings is 2. The first-order valence-corrected chi connectivity index (χ1v) is 10.9. The highest BCUT2D eigenvalue weighted by molar-refractivity contribution is 9.10. The number of oxazole rings is 2. The standard InChI is InChI=1S/C18H13BrClN3O5S/c1-8-9(2)27-17(21-8)10-4-3-5-11(6-10)23-29(25,26)16-12(19)7-13-15(14(16)20)28-18(24)22-13/h3-7,23H,1-2H3,(H,22,24). The van der Waals surface area contributed by atoms with Crippen molar-refractivity contribution < 1.29 is 17.3 Å². The van der Waals surface area contributed by atoms with Gasteiger partial charge >= 0.3 is 5.76 Å². The molecule has 2 N–H and O–H groups in total. The molecule has 29 heavy (non-hydrogen) atoms. The van der Waals surface area contributed by atoms with E-state index >= 15 is 0 Å². The number of nitrogens with zero attached hydrogens (tertiary/aromatic N) is 1. The molecule has 0 unspecified atom stereocenters. The summed E-state index contributed by atoms with van der Waals surface area (Å²) < 4.78 is 39.2. The zero-order valence-electron chi connectivity index (χ0n) is 15.0. The topological polar surface area (TPSA) is 118 Å². The van der Waals surface area contributed by atoms with Crippen LogP contribution in [-0.4, -0.2) is 18.4 Å². The fourth-order valence-electron chi connectivity index (χ4n) is 2.77. The van der Waals surface area contributed by atoms with Crippen molar-refractivity contribution in [2.45, 2.75) is 18.7 Å². The number of hydrogen-bond acceptors (Lipinski definition) is 6. The van der Waals surface area contributed by atoms with Gasteiger partial charge in [-0.3, -0.25) is 9.71 Å². The fourth-order valence-corrected chi connectivity index (χ4v) is 5.68. The summed E-state index contributed by atoms with van der Waals surface area (Å²) in [7, 11) is -4.11. The van der Waals surface area contributed by atoms with Gasteiger partial charge in [-0.15, -0.1) is 0 Å². The van der Waals surface area contributed by atoms with E-state index in [0.29, 0.717) is 17.2 Å². The van der Waals surface area contributed by atoms with Crippen molar-refractivity contribution in [2.75, 3.05) is 4.72 Å². The third kappa shape index (κ3) is 3.59. The molecule has 8 nitrogen and oxygen atoms in total. The molecule has 4 rings (SSSR count). The number of halogens is 2. The monoisotopic (exact) mass is 497 g/mol. The van der Waals surface area contributed by atoms with E-state index in [4.69, 9.17) is 20.4 Å². The highest BCUT2D eigenvalue weighted by Gasteiger charge is 2.26. The number of fused-ring (bicyclic) bond motifs is 1. The molecule has 0 aliphatic rings. The maximum absolute atomic E-state index is 13.0. The number of rotatable bonds is 4. The van der Waals surface area contributed by atoms with Gasteiger partial charge in [0.15, 0.2) is 5.58 Å². The first kappa shape index (κ1) is 19.7. The number of nitrogens with one attached hydrogen (secondary N) is 2. The molecule has 0 aliphatic heterocycles. The second kappa shape index (κ2) is 7.05. The molecule has 11 heteroatoms. The van der Waals surface area contributed by atoms with Crippen molar-refractivity contribution in [2.24, 2.45) is 0 Å². The van der Waals surface area contributed by atoms with Crippen molar-refractivity contribution in [1.29, 1.82) is 0 Å². The van der Waals surface area contributed by atoms with Crippen LogP contribution in [0.15, 0.2) is 53.3 Å². The first-order valence-electron chi connectivity index (χ1n) is 8.24. The molecule has 0 spiro atoms. The Labute approximate surface area is 178 Å².